The first kappa shape index (κ1) is 16.6. The Balaban J connectivity index is 1.60. The Labute approximate surface area is 145 Å². The Morgan fingerprint density at radius 2 is 1.80 bits per heavy atom. The number of benzene rings is 2. The van der Waals surface area contributed by atoms with Gasteiger partial charge in [-0.1, -0.05) is 24.3 Å². The highest BCUT2D eigenvalue weighted by Crippen LogP contribution is 2.12. The summed E-state index contributed by atoms with van der Waals surface area (Å²) < 4.78 is 12.9. The average molecular weight is 336 g/mol. The molecule has 0 bridgehead atoms. The monoisotopic (exact) mass is 336 g/mol. The molecule has 3 rings (SSSR count). The van der Waals surface area contributed by atoms with Gasteiger partial charge in [-0.15, -0.1) is 0 Å². The SMILES string of the molecule is Cc1ccccc1CNc1cnc(C(=O)Nc2ccc(F)cc2)cn1. The van der Waals surface area contributed by atoms with Crippen LogP contribution in [0.3, 0.4) is 0 Å². The van der Waals surface area contributed by atoms with E-state index in [0.29, 0.717) is 18.1 Å². The maximum absolute atomic E-state index is 12.9. The predicted octanol–water partition coefficient (Wildman–Crippen LogP) is 3.79. The number of aryl methyl sites for hydroxylation is 1. The minimum atomic E-state index is -0.399. The molecule has 1 heterocycles. The Hall–Kier alpha value is -3.28. The van der Waals surface area contributed by atoms with Gasteiger partial charge >= 0.3 is 0 Å². The van der Waals surface area contributed by atoms with E-state index >= 15 is 0 Å². The molecule has 5 nitrogen and oxygen atoms in total. The second-order valence-corrected chi connectivity index (χ2v) is 5.53. The van der Waals surface area contributed by atoms with Gasteiger partial charge in [0.05, 0.1) is 12.4 Å². The quantitative estimate of drug-likeness (QED) is 0.744. The molecule has 126 valence electrons. The Morgan fingerprint density at radius 3 is 2.48 bits per heavy atom. The van der Waals surface area contributed by atoms with Gasteiger partial charge < -0.3 is 10.6 Å². The molecule has 0 fully saturated rings. The molecule has 0 unspecified atom stereocenters. The number of amides is 1. The summed E-state index contributed by atoms with van der Waals surface area (Å²) in [4.78, 5) is 20.4. The van der Waals surface area contributed by atoms with E-state index in [0.717, 1.165) is 0 Å². The van der Waals surface area contributed by atoms with Crippen molar-refractivity contribution in [1.82, 2.24) is 9.97 Å². The summed E-state index contributed by atoms with van der Waals surface area (Å²) in [5, 5.41) is 5.82. The topological polar surface area (TPSA) is 66.9 Å². The summed E-state index contributed by atoms with van der Waals surface area (Å²) in [6.45, 7) is 2.67. The molecule has 0 aliphatic heterocycles. The number of halogens is 1. The van der Waals surface area contributed by atoms with Crippen molar-refractivity contribution in [3.63, 3.8) is 0 Å². The fourth-order valence-corrected chi connectivity index (χ4v) is 2.26. The first-order chi connectivity index (χ1) is 12.1. The van der Waals surface area contributed by atoms with Crippen LogP contribution in [0.5, 0.6) is 0 Å². The van der Waals surface area contributed by atoms with Crippen molar-refractivity contribution in [1.29, 1.82) is 0 Å². The van der Waals surface area contributed by atoms with Crippen molar-refractivity contribution >= 4 is 17.4 Å². The molecular weight excluding hydrogens is 319 g/mol. The van der Waals surface area contributed by atoms with Gasteiger partial charge in [-0.25, -0.2) is 14.4 Å². The van der Waals surface area contributed by atoms with E-state index in [9.17, 15) is 9.18 Å². The summed E-state index contributed by atoms with van der Waals surface area (Å²) in [6, 6.07) is 13.6. The number of carbonyl (C=O) groups is 1. The van der Waals surface area contributed by atoms with Crippen LogP contribution in [0.2, 0.25) is 0 Å². The first-order valence-corrected chi connectivity index (χ1v) is 7.79. The summed E-state index contributed by atoms with van der Waals surface area (Å²) in [6.07, 6.45) is 2.91. The minimum Gasteiger partial charge on any atom is -0.365 e. The van der Waals surface area contributed by atoms with E-state index in [-0.39, 0.29) is 11.5 Å². The van der Waals surface area contributed by atoms with E-state index in [1.54, 1.807) is 0 Å². The molecule has 3 aromatic rings. The molecule has 1 aromatic heterocycles. The van der Waals surface area contributed by atoms with Crippen LogP contribution in [0.25, 0.3) is 0 Å². The third kappa shape index (κ3) is 4.38. The predicted molar refractivity (Wildman–Crippen MR) is 94.9 cm³/mol. The number of anilines is 2. The van der Waals surface area contributed by atoms with E-state index in [1.165, 1.54) is 47.8 Å². The van der Waals surface area contributed by atoms with Gasteiger partial charge in [0, 0.05) is 12.2 Å². The second-order valence-electron chi connectivity index (χ2n) is 5.53. The largest absolute Gasteiger partial charge is 0.365 e. The number of nitrogens with one attached hydrogen (secondary N) is 2. The lowest BCUT2D eigenvalue weighted by Crippen LogP contribution is -2.14. The summed E-state index contributed by atoms with van der Waals surface area (Å²) in [7, 11) is 0. The molecular formula is C19H17FN4O. The van der Waals surface area contributed by atoms with E-state index in [4.69, 9.17) is 0 Å². The zero-order valence-corrected chi connectivity index (χ0v) is 13.7. The number of hydrogen-bond donors (Lipinski definition) is 2. The van der Waals surface area contributed by atoms with Crippen LogP contribution < -0.4 is 10.6 Å². The van der Waals surface area contributed by atoms with E-state index < -0.39 is 5.91 Å². The molecule has 0 saturated carbocycles. The van der Waals surface area contributed by atoms with Crippen LogP contribution in [0.15, 0.2) is 60.9 Å². The molecule has 0 aliphatic rings. The van der Waals surface area contributed by atoms with Gasteiger partial charge in [0.15, 0.2) is 0 Å². The van der Waals surface area contributed by atoms with E-state index in [1.807, 2.05) is 31.2 Å². The Bertz CT molecular complexity index is 863. The first-order valence-electron chi connectivity index (χ1n) is 7.79. The third-order valence-corrected chi connectivity index (χ3v) is 3.71. The van der Waals surface area contributed by atoms with Gasteiger partial charge in [-0.3, -0.25) is 4.79 Å². The molecule has 2 N–H and O–H groups in total. The van der Waals surface area contributed by atoms with Crippen molar-refractivity contribution in [2.24, 2.45) is 0 Å². The number of nitrogens with zero attached hydrogens (tertiary/aromatic N) is 2. The number of carbonyl (C=O) groups excluding carboxylic acids is 1. The van der Waals surface area contributed by atoms with Crippen LogP contribution in [0.1, 0.15) is 21.6 Å². The van der Waals surface area contributed by atoms with Crippen LogP contribution in [0.4, 0.5) is 15.9 Å². The lowest BCUT2D eigenvalue weighted by atomic mass is 10.1. The molecule has 0 aliphatic carbocycles. The van der Waals surface area contributed by atoms with Crippen molar-refractivity contribution in [2.75, 3.05) is 10.6 Å². The summed E-state index contributed by atoms with van der Waals surface area (Å²) in [5.74, 6) is -0.173. The fraction of sp³-hybridized carbons (Fsp3) is 0.105. The van der Waals surface area contributed by atoms with Gasteiger partial charge in [0.2, 0.25) is 0 Å². The summed E-state index contributed by atoms with van der Waals surface area (Å²) in [5.41, 5.74) is 3.04. The highest BCUT2D eigenvalue weighted by molar-refractivity contribution is 6.02. The molecule has 2 aromatic carbocycles. The standard InChI is InChI=1S/C19H17FN4O/c1-13-4-2-3-5-14(13)10-22-18-12-21-17(11-23-18)19(25)24-16-8-6-15(20)7-9-16/h2-9,11-12H,10H2,1H3,(H,22,23)(H,24,25). The normalized spacial score (nSPS) is 10.3. The third-order valence-electron chi connectivity index (χ3n) is 3.71. The summed E-state index contributed by atoms with van der Waals surface area (Å²) >= 11 is 0. The zero-order chi connectivity index (χ0) is 17.6. The molecule has 25 heavy (non-hydrogen) atoms. The maximum atomic E-state index is 12.9. The maximum Gasteiger partial charge on any atom is 0.275 e. The minimum absolute atomic E-state index is 0.186. The molecule has 6 heteroatoms. The highest BCUT2D eigenvalue weighted by atomic mass is 19.1. The lowest BCUT2D eigenvalue weighted by Gasteiger charge is -2.08. The van der Waals surface area contributed by atoms with Crippen molar-refractivity contribution < 1.29 is 9.18 Å². The Kier molecular flexibility index (Phi) is 4.99. The van der Waals surface area contributed by atoms with Crippen LogP contribution >= 0.6 is 0 Å². The average Bonchev–Trinajstić information content (AvgIpc) is 2.63. The zero-order valence-electron chi connectivity index (χ0n) is 13.7. The van der Waals surface area contributed by atoms with E-state index in [2.05, 4.69) is 20.6 Å². The van der Waals surface area contributed by atoms with Gasteiger partial charge in [-0.05, 0) is 42.3 Å². The van der Waals surface area contributed by atoms with Crippen molar-refractivity contribution in [3.8, 4) is 0 Å². The smallest absolute Gasteiger partial charge is 0.275 e. The molecule has 1 amide bonds. The number of hydrogen-bond acceptors (Lipinski definition) is 4. The molecule has 0 radical (unpaired) electrons. The molecule has 0 atom stereocenters. The van der Waals surface area contributed by atoms with Crippen LogP contribution in [-0.2, 0) is 6.54 Å². The number of aromatic nitrogens is 2. The fourth-order valence-electron chi connectivity index (χ4n) is 2.26. The highest BCUT2D eigenvalue weighted by Gasteiger charge is 2.09. The van der Waals surface area contributed by atoms with Crippen molar-refractivity contribution in [2.45, 2.75) is 13.5 Å². The van der Waals surface area contributed by atoms with Gasteiger partial charge in [-0.2, -0.15) is 0 Å². The van der Waals surface area contributed by atoms with Gasteiger partial charge in [0.25, 0.3) is 5.91 Å². The van der Waals surface area contributed by atoms with Crippen molar-refractivity contribution in [3.05, 3.63) is 83.6 Å². The lowest BCUT2D eigenvalue weighted by molar-refractivity contribution is 0.102. The number of rotatable bonds is 5. The Morgan fingerprint density at radius 1 is 1.04 bits per heavy atom. The van der Waals surface area contributed by atoms with Gasteiger partial charge in [0.1, 0.15) is 17.3 Å². The second kappa shape index (κ2) is 7.53. The molecule has 0 saturated heterocycles. The van der Waals surface area contributed by atoms with Crippen LogP contribution in [0, 0.1) is 12.7 Å². The van der Waals surface area contributed by atoms with Crippen LogP contribution in [-0.4, -0.2) is 15.9 Å². The molecule has 0 spiro atoms.